The van der Waals surface area contributed by atoms with Gasteiger partial charge in [0.05, 0.1) is 21.3 Å². The molecule has 2 aromatic carbocycles. The molecule has 32 heavy (non-hydrogen) atoms. The molecule has 7 heteroatoms. The summed E-state index contributed by atoms with van der Waals surface area (Å²) in [6.45, 7) is 4.39. The van der Waals surface area contributed by atoms with Crippen LogP contribution in [0.1, 0.15) is 66.7 Å². The van der Waals surface area contributed by atoms with Gasteiger partial charge in [-0.2, -0.15) is 0 Å². The molecule has 1 heterocycles. The second-order valence-electron chi connectivity index (χ2n) is 8.68. The normalized spacial score (nSPS) is 14.6. The molecular formula is C25H29N3O2S2. The second-order valence-corrected chi connectivity index (χ2v) is 11.0. The molecule has 0 radical (unpaired) electrons. The summed E-state index contributed by atoms with van der Waals surface area (Å²) in [5, 5.41) is 6.08. The highest BCUT2D eigenvalue weighted by atomic mass is 32.2. The third-order valence-electron chi connectivity index (χ3n) is 5.52. The van der Waals surface area contributed by atoms with Crippen LogP contribution < -0.4 is 10.6 Å². The van der Waals surface area contributed by atoms with Crippen molar-refractivity contribution in [2.24, 2.45) is 5.92 Å². The second kappa shape index (κ2) is 10.5. The highest BCUT2D eigenvalue weighted by Crippen LogP contribution is 2.32. The Hall–Kier alpha value is -2.38. The predicted octanol–water partition coefficient (Wildman–Crippen LogP) is 6.36. The Morgan fingerprint density at radius 1 is 1.06 bits per heavy atom. The van der Waals surface area contributed by atoms with Crippen LogP contribution in [0.15, 0.2) is 46.8 Å². The van der Waals surface area contributed by atoms with Gasteiger partial charge in [-0.15, -0.1) is 11.3 Å². The quantitative estimate of drug-likeness (QED) is 0.397. The summed E-state index contributed by atoms with van der Waals surface area (Å²) in [7, 11) is 0. The number of thioether (sulfide) groups is 1. The number of thiazole rings is 1. The van der Waals surface area contributed by atoms with Gasteiger partial charge >= 0.3 is 0 Å². The van der Waals surface area contributed by atoms with Gasteiger partial charge in [0.25, 0.3) is 11.8 Å². The summed E-state index contributed by atoms with van der Waals surface area (Å²) in [4.78, 5) is 30.6. The Labute approximate surface area is 197 Å². The highest BCUT2D eigenvalue weighted by molar-refractivity contribution is 8.01. The molecule has 1 aliphatic rings. The minimum absolute atomic E-state index is 0.174. The lowest BCUT2D eigenvalue weighted by Gasteiger charge is -2.23. The summed E-state index contributed by atoms with van der Waals surface area (Å²) in [5.74, 6) is 1.19. The van der Waals surface area contributed by atoms with Gasteiger partial charge < -0.3 is 10.6 Å². The summed E-state index contributed by atoms with van der Waals surface area (Å²) in [6, 6.07) is 13.0. The molecule has 0 aliphatic heterocycles. The van der Waals surface area contributed by atoms with Gasteiger partial charge in [-0.25, -0.2) is 4.98 Å². The first-order valence-corrected chi connectivity index (χ1v) is 13.0. The number of amides is 2. The van der Waals surface area contributed by atoms with Crippen molar-refractivity contribution in [1.82, 2.24) is 10.3 Å². The zero-order valence-electron chi connectivity index (χ0n) is 18.5. The molecule has 3 aromatic rings. The summed E-state index contributed by atoms with van der Waals surface area (Å²) < 4.78 is 2.08. The number of nitrogens with one attached hydrogen (secondary N) is 2. The van der Waals surface area contributed by atoms with Crippen LogP contribution in [0.4, 0.5) is 5.69 Å². The standard InChI is InChI=1S/C25H29N3O2S2/c1-16(2)15-31-25-28-21-13-12-18(14-22(21)32-25)27-24(30)20-11-7-6-10-19(20)23(29)26-17-8-4-3-5-9-17/h6-7,10-14,16-17H,3-5,8-9,15H2,1-2H3,(H,26,29)(H,27,30). The van der Waals surface area contributed by atoms with Crippen LogP contribution in [-0.2, 0) is 0 Å². The van der Waals surface area contributed by atoms with E-state index in [1.165, 1.54) is 6.42 Å². The number of carbonyl (C=O) groups excluding carboxylic acids is 2. The number of hydrogen-bond donors (Lipinski definition) is 2. The molecule has 168 valence electrons. The summed E-state index contributed by atoms with van der Waals surface area (Å²) in [5.41, 5.74) is 2.45. The average molecular weight is 468 g/mol. The number of carbonyl (C=O) groups is 2. The van der Waals surface area contributed by atoms with Crippen molar-refractivity contribution in [3.63, 3.8) is 0 Å². The average Bonchev–Trinajstić information content (AvgIpc) is 3.20. The van der Waals surface area contributed by atoms with Gasteiger partial charge in [0, 0.05) is 17.5 Å². The van der Waals surface area contributed by atoms with E-state index >= 15 is 0 Å². The first-order valence-electron chi connectivity index (χ1n) is 11.2. The van der Waals surface area contributed by atoms with Gasteiger partial charge in [0.1, 0.15) is 0 Å². The number of benzene rings is 2. The van der Waals surface area contributed by atoms with E-state index in [2.05, 4.69) is 29.5 Å². The maximum Gasteiger partial charge on any atom is 0.256 e. The molecule has 1 aromatic heterocycles. The van der Waals surface area contributed by atoms with Crippen LogP contribution in [0.5, 0.6) is 0 Å². The number of nitrogens with zero attached hydrogens (tertiary/aromatic N) is 1. The molecule has 0 unspecified atom stereocenters. The zero-order chi connectivity index (χ0) is 22.5. The number of hydrogen-bond acceptors (Lipinski definition) is 5. The predicted molar refractivity (Wildman–Crippen MR) is 134 cm³/mol. The van der Waals surface area contributed by atoms with Crippen molar-refractivity contribution < 1.29 is 9.59 Å². The van der Waals surface area contributed by atoms with Crippen LogP contribution in [0, 0.1) is 5.92 Å². The molecule has 4 rings (SSSR count). The van der Waals surface area contributed by atoms with Crippen molar-refractivity contribution in [3.05, 3.63) is 53.6 Å². The van der Waals surface area contributed by atoms with Crippen LogP contribution in [0.2, 0.25) is 0 Å². The van der Waals surface area contributed by atoms with Crippen molar-refractivity contribution >= 4 is 50.8 Å². The van der Waals surface area contributed by atoms with Gasteiger partial charge in [0.15, 0.2) is 4.34 Å². The SMILES string of the molecule is CC(C)CSc1nc2ccc(NC(=O)c3ccccc3C(=O)NC3CCCCC3)cc2s1. The maximum absolute atomic E-state index is 13.0. The number of fused-ring (bicyclic) bond motifs is 1. The van der Waals surface area contributed by atoms with Crippen LogP contribution in [0.3, 0.4) is 0 Å². The molecule has 2 amide bonds. The maximum atomic E-state index is 13.0. The molecule has 0 atom stereocenters. The first-order chi connectivity index (χ1) is 15.5. The Bertz CT molecular complexity index is 1100. The molecule has 0 spiro atoms. The minimum atomic E-state index is -0.280. The third kappa shape index (κ3) is 5.70. The molecule has 1 saturated carbocycles. The zero-order valence-corrected chi connectivity index (χ0v) is 20.2. The topological polar surface area (TPSA) is 71.1 Å². The lowest BCUT2D eigenvalue weighted by molar-refractivity contribution is 0.0917. The summed E-state index contributed by atoms with van der Waals surface area (Å²) in [6.07, 6.45) is 5.53. The van der Waals surface area contributed by atoms with Gasteiger partial charge in [-0.3, -0.25) is 9.59 Å². The number of anilines is 1. The summed E-state index contributed by atoms with van der Waals surface area (Å²) >= 11 is 3.41. The van der Waals surface area contributed by atoms with Crippen molar-refractivity contribution in [3.8, 4) is 0 Å². The van der Waals surface area contributed by atoms with Crippen molar-refractivity contribution in [1.29, 1.82) is 0 Å². The first kappa shape index (κ1) is 22.8. The van der Waals surface area contributed by atoms with Crippen molar-refractivity contribution in [2.75, 3.05) is 11.1 Å². The lowest BCUT2D eigenvalue weighted by atomic mass is 9.95. The van der Waals surface area contributed by atoms with Crippen LogP contribution in [0.25, 0.3) is 10.2 Å². The van der Waals surface area contributed by atoms with E-state index in [-0.39, 0.29) is 17.9 Å². The fraction of sp³-hybridized carbons (Fsp3) is 0.400. The minimum Gasteiger partial charge on any atom is -0.349 e. The molecule has 5 nitrogen and oxygen atoms in total. The van der Waals surface area contributed by atoms with Crippen molar-refractivity contribution in [2.45, 2.75) is 56.3 Å². The van der Waals surface area contributed by atoms with E-state index in [1.54, 1.807) is 47.4 Å². The number of aromatic nitrogens is 1. The van der Waals surface area contributed by atoms with Crippen LogP contribution >= 0.6 is 23.1 Å². The number of rotatable bonds is 7. The van der Waals surface area contributed by atoms with E-state index in [4.69, 9.17) is 0 Å². The Kier molecular flexibility index (Phi) is 7.48. The molecule has 2 N–H and O–H groups in total. The molecular weight excluding hydrogens is 438 g/mol. The monoisotopic (exact) mass is 467 g/mol. The lowest BCUT2D eigenvalue weighted by Crippen LogP contribution is -2.37. The fourth-order valence-corrected chi connectivity index (χ4v) is 5.95. The molecule has 1 fully saturated rings. The van der Waals surface area contributed by atoms with E-state index in [9.17, 15) is 9.59 Å². The third-order valence-corrected chi connectivity index (χ3v) is 8.11. The molecule has 0 bridgehead atoms. The van der Waals surface area contributed by atoms with Gasteiger partial charge in [0.2, 0.25) is 0 Å². The highest BCUT2D eigenvalue weighted by Gasteiger charge is 2.21. The largest absolute Gasteiger partial charge is 0.349 e. The fourth-order valence-electron chi connectivity index (χ4n) is 3.87. The molecule has 1 aliphatic carbocycles. The van der Waals surface area contributed by atoms with E-state index < -0.39 is 0 Å². The van der Waals surface area contributed by atoms with E-state index in [0.717, 1.165) is 46.0 Å². The van der Waals surface area contributed by atoms with E-state index in [1.807, 2.05) is 18.2 Å². The van der Waals surface area contributed by atoms with Crippen LogP contribution in [-0.4, -0.2) is 28.6 Å². The Morgan fingerprint density at radius 3 is 2.50 bits per heavy atom. The Morgan fingerprint density at radius 2 is 1.78 bits per heavy atom. The van der Waals surface area contributed by atoms with E-state index in [0.29, 0.717) is 22.7 Å². The smallest absolute Gasteiger partial charge is 0.256 e. The Balaban J connectivity index is 1.47. The molecule has 0 saturated heterocycles. The van der Waals surface area contributed by atoms with Gasteiger partial charge in [-0.1, -0.05) is 57.0 Å². The van der Waals surface area contributed by atoms with Gasteiger partial charge in [-0.05, 0) is 49.1 Å².